The van der Waals surface area contributed by atoms with Crippen LogP contribution in [0, 0.1) is 50.6 Å². The fraction of sp³-hybridized carbons (Fsp3) is 0. The smallest absolute Gasteiger partial charge is 0.358 e. The van der Waals surface area contributed by atoms with E-state index in [-0.39, 0.29) is 5.01 Å². The maximum absolute atomic E-state index is 11.2. The molecule has 0 bridgehead atoms. The maximum atomic E-state index is 11.2. The summed E-state index contributed by atoms with van der Waals surface area (Å²) < 4.78 is 0. The molecule has 1 aliphatic rings. The van der Waals surface area contributed by atoms with Gasteiger partial charge in [0.2, 0.25) is 0 Å². The van der Waals surface area contributed by atoms with Gasteiger partial charge in [-0.15, -0.1) is 0 Å². The average Bonchev–Trinajstić information content (AvgIpc) is 2.50. The number of nitrogens with zero attached hydrogens (tertiary/aromatic N) is 7. The third kappa shape index (κ3) is 2.56. The summed E-state index contributed by atoms with van der Waals surface area (Å²) in [6.45, 7) is 0. The van der Waals surface area contributed by atoms with Gasteiger partial charge in [-0.3, -0.25) is 10.1 Å². The lowest BCUT2D eigenvalue weighted by Gasteiger charge is -2.17. The van der Waals surface area contributed by atoms with Gasteiger partial charge < -0.3 is 20.2 Å². The molecular weight excluding hydrogens is 354 g/mol. The summed E-state index contributed by atoms with van der Waals surface area (Å²) in [6.07, 6.45) is 0. The largest absolute Gasteiger partial charge is 0.489 e. The lowest BCUT2D eigenvalue weighted by Crippen LogP contribution is -2.46. The SMILES string of the molecule is O=[N+]([O-])C1=C([N+](=O)[O-])N([N+](=O)[O-])c2cc([N+](=O)[O-])ccc2N1[N+](=O)[O-]. The van der Waals surface area contributed by atoms with Crippen LogP contribution < -0.4 is 10.0 Å². The molecule has 0 aliphatic carbocycles. The van der Waals surface area contributed by atoms with Crippen molar-refractivity contribution >= 4 is 17.1 Å². The Hall–Kier alpha value is -4.44. The lowest BCUT2D eigenvalue weighted by molar-refractivity contribution is -0.568. The lowest BCUT2D eigenvalue weighted by atomic mass is 10.2. The number of rotatable bonds is 5. The topological polar surface area (TPSA) is 222 Å². The fourth-order valence-electron chi connectivity index (χ4n) is 2.04. The molecule has 17 heteroatoms. The molecule has 0 aromatic heterocycles. The Bertz CT molecular complexity index is 878. The van der Waals surface area contributed by atoms with Crippen molar-refractivity contribution in [1.29, 1.82) is 0 Å². The maximum Gasteiger partial charge on any atom is 0.489 e. The predicted octanol–water partition coefficient (Wildman–Crippen LogP) is 0.285. The number of anilines is 2. The molecule has 0 spiro atoms. The minimum atomic E-state index is -1.85. The van der Waals surface area contributed by atoms with Gasteiger partial charge in [-0.25, -0.2) is 20.2 Å². The quantitative estimate of drug-likeness (QED) is 0.511. The van der Waals surface area contributed by atoms with Crippen LogP contribution in [0.4, 0.5) is 17.1 Å². The molecule has 0 radical (unpaired) electrons. The summed E-state index contributed by atoms with van der Waals surface area (Å²) >= 11 is 0. The highest BCUT2D eigenvalue weighted by Crippen LogP contribution is 2.41. The second-order valence-electron chi connectivity index (χ2n) is 4.19. The van der Waals surface area contributed by atoms with E-state index in [0.29, 0.717) is 18.2 Å². The van der Waals surface area contributed by atoms with Gasteiger partial charge >= 0.3 is 11.6 Å². The van der Waals surface area contributed by atoms with Gasteiger partial charge in [0.1, 0.15) is 0 Å². The summed E-state index contributed by atoms with van der Waals surface area (Å²) in [7, 11) is 0. The molecule has 0 atom stereocenters. The first-order valence-corrected chi connectivity index (χ1v) is 5.78. The molecule has 0 fully saturated rings. The van der Waals surface area contributed by atoms with Gasteiger partial charge in [-0.1, -0.05) is 0 Å². The predicted molar refractivity (Wildman–Crippen MR) is 73.1 cm³/mol. The standard InChI is InChI=1S/C8H3N7O10/c16-11(17)4-1-2-5-6(3-4)10(15(24)25)8(13(20)21)7(12(18)19)9(5)14(22)23/h1-3H. The van der Waals surface area contributed by atoms with Crippen molar-refractivity contribution in [1.82, 2.24) is 0 Å². The van der Waals surface area contributed by atoms with Gasteiger partial charge in [-0.2, -0.15) is 0 Å². The Labute approximate surface area is 133 Å². The Morgan fingerprint density at radius 3 is 1.44 bits per heavy atom. The molecule has 0 saturated carbocycles. The second kappa shape index (κ2) is 5.64. The van der Waals surface area contributed by atoms with E-state index in [4.69, 9.17) is 0 Å². The summed E-state index contributed by atoms with van der Waals surface area (Å²) in [5.41, 5.74) is -2.56. The van der Waals surface area contributed by atoms with Crippen LogP contribution in [0.1, 0.15) is 0 Å². The van der Waals surface area contributed by atoms with E-state index in [1.165, 1.54) is 0 Å². The highest BCUT2D eigenvalue weighted by molar-refractivity contribution is 5.77. The molecule has 1 aromatic rings. The number of hydrogen-bond acceptors (Lipinski definition) is 10. The molecule has 1 heterocycles. The Morgan fingerprint density at radius 2 is 1.08 bits per heavy atom. The van der Waals surface area contributed by atoms with Gasteiger partial charge in [0.15, 0.2) is 0 Å². The molecule has 2 rings (SSSR count). The Morgan fingerprint density at radius 1 is 0.640 bits per heavy atom. The molecular formula is C8H3N7O10. The van der Waals surface area contributed by atoms with E-state index in [1.807, 2.05) is 0 Å². The molecule has 1 aromatic carbocycles. The van der Waals surface area contributed by atoms with Crippen molar-refractivity contribution in [3.05, 3.63) is 80.4 Å². The zero-order valence-electron chi connectivity index (χ0n) is 11.4. The van der Waals surface area contributed by atoms with Crippen LogP contribution in [0.2, 0.25) is 0 Å². The average molecular weight is 357 g/mol. The van der Waals surface area contributed by atoms with Crippen molar-refractivity contribution in [2.75, 3.05) is 10.0 Å². The fourth-order valence-corrected chi connectivity index (χ4v) is 2.04. The molecule has 1 aliphatic heterocycles. The first-order chi connectivity index (χ1) is 11.6. The first-order valence-electron chi connectivity index (χ1n) is 5.78. The minimum absolute atomic E-state index is 0.364. The molecule has 0 unspecified atom stereocenters. The first kappa shape index (κ1) is 16.9. The Balaban J connectivity index is 2.95. The summed E-state index contributed by atoms with van der Waals surface area (Å²) in [5.74, 6) is -3.65. The summed E-state index contributed by atoms with van der Waals surface area (Å²) in [5, 5.41) is 51.6. The van der Waals surface area contributed by atoms with Crippen LogP contribution in [0.5, 0.6) is 0 Å². The molecule has 17 nitrogen and oxygen atoms in total. The summed E-state index contributed by atoms with van der Waals surface area (Å²) in [4.78, 5) is 51.2. The van der Waals surface area contributed by atoms with Crippen LogP contribution in [-0.4, -0.2) is 24.8 Å². The second-order valence-corrected chi connectivity index (χ2v) is 4.19. The van der Waals surface area contributed by atoms with Crippen LogP contribution >= 0.6 is 0 Å². The molecule has 0 saturated heterocycles. The van der Waals surface area contributed by atoms with Gasteiger partial charge in [0, 0.05) is 12.1 Å². The van der Waals surface area contributed by atoms with Crippen LogP contribution in [0.3, 0.4) is 0 Å². The van der Waals surface area contributed by atoms with Gasteiger partial charge in [-0.05, 0) is 9.85 Å². The van der Waals surface area contributed by atoms with Crippen molar-refractivity contribution in [3.8, 4) is 0 Å². The van der Waals surface area contributed by atoms with E-state index in [9.17, 15) is 50.6 Å². The number of hydrogen-bond donors (Lipinski definition) is 0. The number of hydrazine groups is 2. The van der Waals surface area contributed by atoms with E-state index in [1.54, 1.807) is 0 Å². The monoisotopic (exact) mass is 357 g/mol. The van der Waals surface area contributed by atoms with Gasteiger partial charge in [0.25, 0.3) is 27.1 Å². The van der Waals surface area contributed by atoms with Crippen molar-refractivity contribution in [2.24, 2.45) is 0 Å². The highest BCUT2D eigenvalue weighted by Gasteiger charge is 2.60. The van der Waals surface area contributed by atoms with Crippen molar-refractivity contribution in [2.45, 2.75) is 0 Å². The number of benzene rings is 1. The number of non-ortho nitro benzene ring substituents is 1. The highest BCUT2D eigenvalue weighted by atomic mass is 16.7. The van der Waals surface area contributed by atoms with E-state index >= 15 is 0 Å². The normalized spacial score (nSPS) is 13.3. The number of nitro benzene ring substituents is 1. The molecule has 0 amide bonds. The zero-order valence-corrected chi connectivity index (χ0v) is 11.4. The van der Waals surface area contributed by atoms with Crippen LogP contribution in [0.15, 0.2) is 29.8 Å². The van der Waals surface area contributed by atoms with E-state index in [0.717, 1.165) is 0 Å². The van der Waals surface area contributed by atoms with Gasteiger partial charge in [0.05, 0.1) is 21.0 Å². The summed E-state index contributed by atoms with van der Waals surface area (Å²) in [6, 6.07) is 1.78. The van der Waals surface area contributed by atoms with Crippen molar-refractivity contribution in [3.63, 3.8) is 0 Å². The zero-order chi connectivity index (χ0) is 19.0. The van der Waals surface area contributed by atoms with Crippen molar-refractivity contribution < 1.29 is 24.8 Å². The number of fused-ring (bicyclic) bond motifs is 1. The molecule has 25 heavy (non-hydrogen) atoms. The molecule has 0 N–H and O–H groups in total. The third-order valence-electron chi connectivity index (χ3n) is 2.90. The molecule has 130 valence electrons. The van der Waals surface area contributed by atoms with Crippen LogP contribution in [0.25, 0.3) is 0 Å². The van der Waals surface area contributed by atoms with E-state index < -0.39 is 58.5 Å². The Kier molecular flexibility index (Phi) is 3.82. The third-order valence-corrected chi connectivity index (χ3v) is 2.90. The minimum Gasteiger partial charge on any atom is -0.358 e. The number of nitro groups is 5. The van der Waals surface area contributed by atoms with E-state index in [2.05, 4.69) is 0 Å². The van der Waals surface area contributed by atoms with Crippen LogP contribution in [-0.2, 0) is 0 Å².